The number of Topliss-reactive ketones (excluding diaryl/α,β-unsaturated/α-hetero) is 1. The van der Waals surface area contributed by atoms with E-state index in [1.54, 1.807) is 6.92 Å². The fourth-order valence-corrected chi connectivity index (χ4v) is 11.6. The van der Waals surface area contributed by atoms with E-state index in [4.69, 9.17) is 4.74 Å². The van der Waals surface area contributed by atoms with E-state index in [1.807, 2.05) is 0 Å². The molecular weight excluding hydrogens is 432 g/mol. The van der Waals surface area contributed by atoms with Gasteiger partial charge >= 0.3 is 5.97 Å². The number of allylic oxidation sites excluding steroid dienone is 1. The van der Waals surface area contributed by atoms with Gasteiger partial charge in [0.1, 0.15) is 5.78 Å². The molecule has 0 spiro atoms. The van der Waals surface area contributed by atoms with E-state index in [2.05, 4.69) is 48.1 Å². The molecule has 35 heavy (non-hydrogen) atoms. The summed E-state index contributed by atoms with van der Waals surface area (Å²) in [5.74, 6) is 3.34. The van der Waals surface area contributed by atoms with E-state index >= 15 is 0 Å². The molecule has 0 N–H and O–H groups in total. The Hall–Kier alpha value is -1.12. The maximum atomic E-state index is 13.0. The first-order valence-corrected chi connectivity index (χ1v) is 14.5. The van der Waals surface area contributed by atoms with Crippen molar-refractivity contribution in [2.45, 2.75) is 113 Å². The Morgan fingerprint density at radius 2 is 1.60 bits per heavy atom. The van der Waals surface area contributed by atoms with Crippen LogP contribution >= 0.6 is 0 Å². The highest BCUT2D eigenvalue weighted by molar-refractivity contribution is 5.85. The van der Waals surface area contributed by atoms with E-state index in [0.29, 0.717) is 47.4 Å². The van der Waals surface area contributed by atoms with Gasteiger partial charge in [0.25, 0.3) is 0 Å². The molecule has 3 nitrogen and oxygen atoms in total. The van der Waals surface area contributed by atoms with Gasteiger partial charge in [0.15, 0.2) is 0 Å². The lowest BCUT2D eigenvalue weighted by Gasteiger charge is -2.72. The molecule has 5 aliphatic rings. The van der Waals surface area contributed by atoms with Crippen molar-refractivity contribution < 1.29 is 14.3 Å². The molecule has 0 aromatic carbocycles. The van der Waals surface area contributed by atoms with Gasteiger partial charge in [-0.1, -0.05) is 46.8 Å². The molecule has 0 aromatic heterocycles. The molecule has 0 radical (unpaired) electrons. The van der Waals surface area contributed by atoms with Crippen LogP contribution in [0.5, 0.6) is 0 Å². The first kappa shape index (κ1) is 25.5. The van der Waals surface area contributed by atoms with Crippen LogP contribution in [0.15, 0.2) is 12.2 Å². The largest absolute Gasteiger partial charge is 0.465 e. The summed E-state index contributed by atoms with van der Waals surface area (Å²) in [5, 5.41) is 0. The number of ketones is 1. The third-order valence-corrected chi connectivity index (χ3v) is 13.5. The average Bonchev–Trinajstić information content (AvgIpc) is 3.16. The second-order valence-corrected chi connectivity index (χ2v) is 15.0. The highest BCUT2D eigenvalue weighted by Gasteiger charge is 2.71. The van der Waals surface area contributed by atoms with Crippen LogP contribution in [0, 0.1) is 56.7 Å². The Kier molecular flexibility index (Phi) is 5.79. The van der Waals surface area contributed by atoms with Gasteiger partial charge in [-0.25, -0.2) is 0 Å². The van der Waals surface area contributed by atoms with Crippen molar-refractivity contribution in [3.63, 3.8) is 0 Å². The van der Waals surface area contributed by atoms with Crippen LogP contribution in [0.25, 0.3) is 0 Å². The van der Waals surface area contributed by atoms with Gasteiger partial charge in [0.2, 0.25) is 0 Å². The Morgan fingerprint density at radius 3 is 2.26 bits per heavy atom. The third-order valence-electron chi connectivity index (χ3n) is 13.5. The van der Waals surface area contributed by atoms with Crippen LogP contribution in [0.4, 0.5) is 0 Å². The SMILES string of the molecule is C=C(C)[C@@H]1CC[C@]2(COC(C)=O)CC[C@]3(C)[C@H](CC[C@@H]4[C@@]5(C)CCC(=O)C(C)(C)[C@H]5CC[C@]43C)[C@H]12. The van der Waals surface area contributed by atoms with Crippen molar-refractivity contribution >= 4 is 11.8 Å². The fraction of sp³-hybridized carbons (Fsp3) is 0.875. The number of rotatable bonds is 3. The van der Waals surface area contributed by atoms with Crippen molar-refractivity contribution in [3.05, 3.63) is 12.2 Å². The molecule has 5 rings (SSSR count). The van der Waals surface area contributed by atoms with Crippen LogP contribution in [0.3, 0.4) is 0 Å². The predicted molar refractivity (Wildman–Crippen MR) is 141 cm³/mol. The molecule has 3 heteroatoms. The third kappa shape index (κ3) is 3.27. The zero-order valence-corrected chi connectivity index (χ0v) is 23.6. The van der Waals surface area contributed by atoms with Crippen LogP contribution in [0.1, 0.15) is 113 Å². The second-order valence-electron chi connectivity index (χ2n) is 15.0. The number of ether oxygens (including phenoxy) is 1. The number of esters is 1. The molecule has 5 fully saturated rings. The molecule has 0 heterocycles. The lowest BCUT2D eigenvalue weighted by molar-refractivity contribution is -0.237. The molecule has 0 bridgehead atoms. The van der Waals surface area contributed by atoms with Gasteiger partial charge in [-0.3, -0.25) is 9.59 Å². The lowest BCUT2D eigenvalue weighted by Crippen LogP contribution is -2.66. The Bertz CT molecular complexity index is 933. The molecule has 0 saturated heterocycles. The Labute approximate surface area is 214 Å². The minimum absolute atomic E-state index is 0.128. The van der Waals surface area contributed by atoms with Crippen molar-refractivity contribution in [2.75, 3.05) is 6.61 Å². The quantitative estimate of drug-likeness (QED) is 0.305. The first-order chi connectivity index (χ1) is 16.2. The van der Waals surface area contributed by atoms with Gasteiger partial charge < -0.3 is 4.74 Å². The maximum absolute atomic E-state index is 13.0. The molecule has 0 amide bonds. The predicted octanol–water partition coefficient (Wildman–Crippen LogP) is 7.78. The molecule has 0 aliphatic heterocycles. The summed E-state index contributed by atoms with van der Waals surface area (Å²) >= 11 is 0. The summed E-state index contributed by atoms with van der Waals surface area (Å²) in [6.45, 7) is 21.2. The van der Waals surface area contributed by atoms with E-state index < -0.39 is 0 Å². The van der Waals surface area contributed by atoms with Gasteiger partial charge in [0, 0.05) is 24.2 Å². The highest BCUT2D eigenvalue weighted by Crippen LogP contribution is 2.77. The van der Waals surface area contributed by atoms with Crippen LogP contribution in [-0.4, -0.2) is 18.4 Å². The molecule has 9 atom stereocenters. The van der Waals surface area contributed by atoms with Gasteiger partial charge in [0.05, 0.1) is 6.61 Å². The number of fused-ring (bicyclic) bond motifs is 7. The second kappa shape index (κ2) is 7.94. The van der Waals surface area contributed by atoms with Crippen LogP contribution in [-0.2, 0) is 14.3 Å². The van der Waals surface area contributed by atoms with Gasteiger partial charge in [-0.05, 0) is 111 Å². The molecule has 5 aliphatic carbocycles. The zero-order valence-electron chi connectivity index (χ0n) is 23.6. The van der Waals surface area contributed by atoms with Crippen LogP contribution in [0.2, 0.25) is 0 Å². The molecule has 5 saturated carbocycles. The summed E-state index contributed by atoms with van der Waals surface area (Å²) in [5.41, 5.74) is 2.12. The van der Waals surface area contributed by atoms with Crippen molar-refractivity contribution in [3.8, 4) is 0 Å². The smallest absolute Gasteiger partial charge is 0.302 e. The summed E-state index contributed by atoms with van der Waals surface area (Å²) < 4.78 is 5.78. The standard InChI is InChI=1S/C32H50O3/c1-20(2)22-11-16-32(19-35-21(3)33)18-17-30(7)23(27(22)32)9-10-25-29(6)14-13-26(34)28(4,5)24(29)12-15-31(25,30)8/h22-25,27H,1,9-19H2,2-8H3/t22-,23+,24+,25+,27-,29-,30+,31+,32+/m0/s1. The van der Waals surface area contributed by atoms with Crippen LogP contribution < -0.4 is 0 Å². The molecular formula is C32H50O3. The lowest BCUT2D eigenvalue weighted by atomic mass is 9.32. The van der Waals surface area contributed by atoms with E-state index in [-0.39, 0.29) is 27.6 Å². The molecule has 0 aromatic rings. The van der Waals surface area contributed by atoms with E-state index in [1.165, 1.54) is 56.9 Å². The highest BCUT2D eigenvalue weighted by atomic mass is 16.5. The first-order valence-electron chi connectivity index (χ1n) is 14.5. The van der Waals surface area contributed by atoms with Gasteiger partial charge in [-0.15, -0.1) is 0 Å². The summed E-state index contributed by atoms with van der Waals surface area (Å²) in [6.07, 6.45) is 11.6. The average molecular weight is 483 g/mol. The van der Waals surface area contributed by atoms with Crippen molar-refractivity contribution in [1.82, 2.24) is 0 Å². The topological polar surface area (TPSA) is 43.4 Å². The minimum atomic E-state index is -0.186. The molecule has 196 valence electrons. The number of carbonyl (C=O) groups is 2. The van der Waals surface area contributed by atoms with E-state index in [0.717, 1.165) is 12.8 Å². The summed E-state index contributed by atoms with van der Waals surface area (Å²) in [6, 6.07) is 0. The number of hydrogen-bond donors (Lipinski definition) is 0. The molecule has 0 unspecified atom stereocenters. The Morgan fingerprint density at radius 1 is 0.886 bits per heavy atom. The monoisotopic (exact) mass is 482 g/mol. The van der Waals surface area contributed by atoms with E-state index in [9.17, 15) is 9.59 Å². The fourth-order valence-electron chi connectivity index (χ4n) is 11.6. The number of hydrogen-bond acceptors (Lipinski definition) is 3. The van der Waals surface area contributed by atoms with Crippen molar-refractivity contribution in [2.24, 2.45) is 56.7 Å². The normalized spacial score (nSPS) is 50.4. The van der Waals surface area contributed by atoms with Gasteiger partial charge in [-0.2, -0.15) is 0 Å². The Balaban J connectivity index is 1.53. The summed E-state index contributed by atoms with van der Waals surface area (Å²) in [7, 11) is 0. The minimum Gasteiger partial charge on any atom is -0.465 e. The zero-order chi connectivity index (χ0) is 25.6. The maximum Gasteiger partial charge on any atom is 0.302 e. The number of carbonyl (C=O) groups excluding carboxylic acids is 2. The summed E-state index contributed by atoms with van der Waals surface area (Å²) in [4.78, 5) is 24.8. The van der Waals surface area contributed by atoms with Crippen molar-refractivity contribution in [1.29, 1.82) is 0 Å².